The SMILES string of the molecule is CC(=O)c1ccccc1NC(=O)CSc1nccc(C(F)(F)F)n1. The van der Waals surface area contributed by atoms with E-state index in [0.29, 0.717) is 11.3 Å². The molecule has 0 atom stereocenters. The number of para-hydroxylation sites is 1. The van der Waals surface area contributed by atoms with E-state index in [0.717, 1.165) is 24.0 Å². The van der Waals surface area contributed by atoms with Crippen LogP contribution in [0.25, 0.3) is 0 Å². The van der Waals surface area contributed by atoms with E-state index in [4.69, 9.17) is 0 Å². The zero-order valence-corrected chi connectivity index (χ0v) is 13.2. The van der Waals surface area contributed by atoms with Gasteiger partial charge >= 0.3 is 6.18 Å². The first-order valence-corrected chi connectivity index (χ1v) is 7.69. The summed E-state index contributed by atoms with van der Waals surface area (Å²) >= 11 is 0.773. The Labute approximate surface area is 139 Å². The van der Waals surface area contributed by atoms with Gasteiger partial charge in [-0.1, -0.05) is 23.9 Å². The number of carbonyl (C=O) groups is 2. The van der Waals surface area contributed by atoms with Crippen molar-refractivity contribution in [2.24, 2.45) is 0 Å². The number of amides is 1. The highest BCUT2D eigenvalue weighted by molar-refractivity contribution is 7.99. The van der Waals surface area contributed by atoms with Gasteiger partial charge in [0, 0.05) is 11.8 Å². The average molecular weight is 355 g/mol. The van der Waals surface area contributed by atoms with E-state index < -0.39 is 17.8 Å². The van der Waals surface area contributed by atoms with Gasteiger partial charge < -0.3 is 5.32 Å². The van der Waals surface area contributed by atoms with E-state index in [2.05, 4.69) is 15.3 Å². The lowest BCUT2D eigenvalue weighted by Gasteiger charge is -2.09. The number of aromatic nitrogens is 2. The standard InChI is InChI=1S/C15H12F3N3O2S/c1-9(22)10-4-2-3-5-11(10)20-13(23)8-24-14-19-7-6-12(21-14)15(16,17)18/h2-7H,8H2,1H3,(H,20,23). The summed E-state index contributed by atoms with van der Waals surface area (Å²) in [5.41, 5.74) is -0.367. The van der Waals surface area contributed by atoms with E-state index in [-0.39, 0.29) is 16.7 Å². The van der Waals surface area contributed by atoms with Gasteiger partial charge in [-0.25, -0.2) is 9.97 Å². The summed E-state index contributed by atoms with van der Waals surface area (Å²) in [7, 11) is 0. The summed E-state index contributed by atoms with van der Waals surface area (Å²) in [4.78, 5) is 30.5. The van der Waals surface area contributed by atoms with Crippen molar-refractivity contribution in [2.45, 2.75) is 18.3 Å². The fourth-order valence-corrected chi connectivity index (χ4v) is 2.41. The molecule has 2 rings (SSSR count). The molecule has 0 bridgehead atoms. The molecule has 0 fully saturated rings. The lowest BCUT2D eigenvalue weighted by Crippen LogP contribution is -2.16. The van der Waals surface area contributed by atoms with Crippen molar-refractivity contribution in [3.8, 4) is 0 Å². The van der Waals surface area contributed by atoms with Crippen molar-refractivity contribution in [1.29, 1.82) is 0 Å². The Hall–Kier alpha value is -2.42. The zero-order valence-electron chi connectivity index (χ0n) is 12.4. The average Bonchev–Trinajstić information content (AvgIpc) is 2.53. The number of benzene rings is 1. The van der Waals surface area contributed by atoms with Crippen LogP contribution in [0.3, 0.4) is 0 Å². The molecule has 1 aromatic heterocycles. The number of hydrogen-bond donors (Lipinski definition) is 1. The molecule has 24 heavy (non-hydrogen) atoms. The maximum absolute atomic E-state index is 12.6. The lowest BCUT2D eigenvalue weighted by atomic mass is 10.1. The fraction of sp³-hybridized carbons (Fsp3) is 0.200. The first-order chi connectivity index (χ1) is 11.3. The Morgan fingerprint density at radius 3 is 2.58 bits per heavy atom. The summed E-state index contributed by atoms with van der Waals surface area (Å²) in [6.07, 6.45) is -3.58. The van der Waals surface area contributed by atoms with Gasteiger partial charge in [-0.2, -0.15) is 13.2 Å². The van der Waals surface area contributed by atoms with Gasteiger partial charge in [-0.3, -0.25) is 9.59 Å². The molecule has 1 amide bonds. The van der Waals surface area contributed by atoms with Gasteiger partial charge in [0.1, 0.15) is 5.69 Å². The summed E-state index contributed by atoms with van der Waals surface area (Å²) in [5, 5.41) is 2.40. The minimum Gasteiger partial charge on any atom is -0.325 e. The summed E-state index contributed by atoms with van der Waals surface area (Å²) in [6.45, 7) is 1.37. The van der Waals surface area contributed by atoms with Gasteiger partial charge in [-0.05, 0) is 25.1 Å². The van der Waals surface area contributed by atoms with E-state index in [9.17, 15) is 22.8 Å². The van der Waals surface area contributed by atoms with Crippen molar-refractivity contribution >= 4 is 29.1 Å². The predicted molar refractivity (Wildman–Crippen MR) is 82.8 cm³/mol. The molecule has 0 aliphatic carbocycles. The van der Waals surface area contributed by atoms with Gasteiger partial charge in [-0.15, -0.1) is 0 Å². The molecule has 0 aliphatic rings. The quantitative estimate of drug-likeness (QED) is 0.505. The molecule has 0 saturated carbocycles. The molecule has 2 aromatic rings. The molecule has 0 saturated heterocycles. The Kier molecular flexibility index (Phi) is 5.55. The molecular weight excluding hydrogens is 343 g/mol. The van der Waals surface area contributed by atoms with Crippen LogP contribution in [0.15, 0.2) is 41.7 Å². The van der Waals surface area contributed by atoms with E-state index in [1.165, 1.54) is 6.92 Å². The van der Waals surface area contributed by atoms with Crippen LogP contribution in [-0.4, -0.2) is 27.4 Å². The number of thioether (sulfide) groups is 1. The minimum atomic E-state index is -4.57. The van der Waals surface area contributed by atoms with Crippen molar-refractivity contribution in [3.05, 3.63) is 47.8 Å². The van der Waals surface area contributed by atoms with Crippen LogP contribution < -0.4 is 5.32 Å². The molecule has 0 aliphatic heterocycles. The number of hydrogen-bond acceptors (Lipinski definition) is 5. The van der Waals surface area contributed by atoms with Crippen LogP contribution in [0.5, 0.6) is 0 Å². The number of Topliss-reactive ketones (excluding diaryl/α,β-unsaturated/α-hetero) is 1. The third-order valence-electron chi connectivity index (χ3n) is 2.84. The molecule has 0 radical (unpaired) electrons. The third kappa shape index (κ3) is 4.79. The zero-order chi connectivity index (χ0) is 17.7. The smallest absolute Gasteiger partial charge is 0.325 e. The molecule has 0 spiro atoms. The van der Waals surface area contributed by atoms with Crippen LogP contribution >= 0.6 is 11.8 Å². The number of nitrogens with zero attached hydrogens (tertiary/aromatic N) is 2. The number of halogens is 3. The van der Waals surface area contributed by atoms with E-state index in [1.54, 1.807) is 24.3 Å². The molecule has 9 heteroatoms. The minimum absolute atomic E-state index is 0.153. The predicted octanol–water partition coefficient (Wildman–Crippen LogP) is 3.43. The maximum Gasteiger partial charge on any atom is 0.433 e. The molecule has 0 unspecified atom stereocenters. The first kappa shape index (κ1) is 17.9. The van der Waals surface area contributed by atoms with Crippen LogP contribution in [0.2, 0.25) is 0 Å². The molecule has 5 nitrogen and oxygen atoms in total. The molecule has 1 aromatic carbocycles. The van der Waals surface area contributed by atoms with Crippen LogP contribution in [0.1, 0.15) is 23.0 Å². The highest BCUT2D eigenvalue weighted by atomic mass is 32.2. The summed E-state index contributed by atoms with van der Waals surface area (Å²) < 4.78 is 37.7. The summed E-state index contributed by atoms with van der Waals surface area (Å²) in [6, 6.07) is 7.22. The second-order valence-corrected chi connectivity index (χ2v) is 5.60. The third-order valence-corrected chi connectivity index (χ3v) is 3.70. The van der Waals surface area contributed by atoms with Crippen LogP contribution in [-0.2, 0) is 11.0 Å². The number of rotatable bonds is 5. The second kappa shape index (κ2) is 7.43. The number of ketones is 1. The number of alkyl halides is 3. The molecular formula is C15H12F3N3O2S. The van der Waals surface area contributed by atoms with E-state index >= 15 is 0 Å². The van der Waals surface area contributed by atoms with Crippen molar-refractivity contribution < 1.29 is 22.8 Å². The second-order valence-electron chi connectivity index (χ2n) is 4.66. The van der Waals surface area contributed by atoms with Gasteiger partial charge in [0.05, 0.1) is 11.4 Å². The van der Waals surface area contributed by atoms with E-state index in [1.807, 2.05) is 0 Å². The molecule has 1 N–H and O–H groups in total. The highest BCUT2D eigenvalue weighted by Crippen LogP contribution is 2.28. The molecule has 126 valence electrons. The maximum atomic E-state index is 12.6. The molecule has 1 heterocycles. The Morgan fingerprint density at radius 1 is 1.21 bits per heavy atom. The topological polar surface area (TPSA) is 72.0 Å². The van der Waals surface area contributed by atoms with Crippen molar-refractivity contribution in [2.75, 3.05) is 11.1 Å². The Morgan fingerprint density at radius 2 is 1.92 bits per heavy atom. The number of anilines is 1. The monoisotopic (exact) mass is 355 g/mol. The van der Waals surface area contributed by atoms with Gasteiger partial charge in [0.15, 0.2) is 10.9 Å². The van der Waals surface area contributed by atoms with Crippen LogP contribution in [0, 0.1) is 0 Å². The first-order valence-electron chi connectivity index (χ1n) is 6.70. The lowest BCUT2D eigenvalue weighted by molar-refractivity contribution is -0.141. The van der Waals surface area contributed by atoms with Crippen molar-refractivity contribution in [3.63, 3.8) is 0 Å². The number of carbonyl (C=O) groups excluding carboxylic acids is 2. The summed E-state index contributed by atoms with van der Waals surface area (Å²) in [5.74, 6) is -0.873. The largest absolute Gasteiger partial charge is 0.433 e. The van der Waals surface area contributed by atoms with Crippen molar-refractivity contribution in [1.82, 2.24) is 9.97 Å². The fourth-order valence-electron chi connectivity index (χ4n) is 1.78. The number of nitrogens with one attached hydrogen (secondary N) is 1. The Balaban J connectivity index is 2.01. The normalized spacial score (nSPS) is 11.2. The van der Waals surface area contributed by atoms with Gasteiger partial charge in [0.25, 0.3) is 0 Å². The van der Waals surface area contributed by atoms with Crippen LogP contribution in [0.4, 0.5) is 18.9 Å². The Bertz CT molecular complexity index is 766. The van der Waals surface area contributed by atoms with Gasteiger partial charge in [0.2, 0.25) is 5.91 Å². The highest BCUT2D eigenvalue weighted by Gasteiger charge is 2.32.